The Morgan fingerprint density at radius 3 is 2.65 bits per heavy atom. The molecule has 3 heteroatoms. The van der Waals surface area contributed by atoms with Crippen molar-refractivity contribution < 1.29 is 9.59 Å². The Balaban J connectivity index is 2.84. The topological polar surface area (TPSA) is 46.2 Å². The molecule has 0 radical (unpaired) electrons. The van der Waals surface area contributed by atoms with E-state index in [0.717, 1.165) is 19.3 Å². The summed E-state index contributed by atoms with van der Waals surface area (Å²) in [6, 6.07) is 0. The van der Waals surface area contributed by atoms with Crippen molar-refractivity contribution in [1.29, 1.82) is 0 Å². The molecule has 17 heavy (non-hydrogen) atoms. The molecule has 1 aliphatic carbocycles. The van der Waals surface area contributed by atoms with E-state index >= 15 is 0 Å². The number of hydrogen-bond donors (Lipinski definition) is 1. The van der Waals surface area contributed by atoms with Gasteiger partial charge in [0.15, 0.2) is 5.78 Å². The highest BCUT2D eigenvalue weighted by molar-refractivity contribution is 6.01. The first-order chi connectivity index (χ1) is 7.89. The zero-order valence-corrected chi connectivity index (χ0v) is 11.3. The number of hydrogen-bond acceptors (Lipinski definition) is 2. The number of allylic oxidation sites excluding steroid dienone is 2. The summed E-state index contributed by atoms with van der Waals surface area (Å²) in [5.41, 5.74) is 0.496. The van der Waals surface area contributed by atoms with Crippen molar-refractivity contribution in [3.63, 3.8) is 0 Å². The molecular weight excluding hydrogens is 214 g/mol. The summed E-state index contributed by atoms with van der Waals surface area (Å²) in [4.78, 5) is 23.7. The molecule has 0 aromatic heterocycles. The third kappa shape index (κ3) is 3.69. The van der Waals surface area contributed by atoms with Gasteiger partial charge < -0.3 is 5.32 Å². The van der Waals surface area contributed by atoms with E-state index in [9.17, 15) is 9.59 Å². The van der Waals surface area contributed by atoms with Crippen LogP contribution in [0, 0.1) is 11.3 Å². The van der Waals surface area contributed by atoms with Gasteiger partial charge in [0.1, 0.15) is 0 Å². The number of rotatable bonds is 4. The van der Waals surface area contributed by atoms with Crippen molar-refractivity contribution in [2.24, 2.45) is 11.3 Å². The van der Waals surface area contributed by atoms with E-state index in [0.29, 0.717) is 12.1 Å². The van der Waals surface area contributed by atoms with E-state index in [-0.39, 0.29) is 23.0 Å². The fourth-order valence-corrected chi connectivity index (χ4v) is 2.34. The largest absolute Gasteiger partial charge is 0.323 e. The average Bonchev–Trinajstić information content (AvgIpc) is 2.22. The van der Waals surface area contributed by atoms with Crippen LogP contribution in [0.5, 0.6) is 0 Å². The standard InChI is InChI=1S/C14H23NO2/c1-5-7-12(16)15-11-9-14(3,4)8-10(6-2)13(11)17/h9-10H,5-8H2,1-4H3,(H,15,16). The number of carbonyl (C=O) groups is 2. The molecule has 1 amide bonds. The molecule has 1 aliphatic rings. The Kier molecular flexibility index (Phi) is 4.49. The first-order valence-electron chi connectivity index (χ1n) is 6.46. The second-order valence-corrected chi connectivity index (χ2v) is 5.52. The van der Waals surface area contributed by atoms with E-state index in [2.05, 4.69) is 19.2 Å². The maximum atomic E-state index is 12.1. The maximum Gasteiger partial charge on any atom is 0.224 e. The van der Waals surface area contributed by atoms with Gasteiger partial charge in [-0.25, -0.2) is 0 Å². The highest BCUT2D eigenvalue weighted by atomic mass is 16.2. The third-order valence-corrected chi connectivity index (χ3v) is 3.19. The predicted molar refractivity (Wildman–Crippen MR) is 68.3 cm³/mol. The quantitative estimate of drug-likeness (QED) is 0.817. The van der Waals surface area contributed by atoms with E-state index in [1.165, 1.54) is 0 Å². The first-order valence-corrected chi connectivity index (χ1v) is 6.46. The number of Topliss-reactive ketones (excluding diaryl/α,β-unsaturated/α-hetero) is 1. The van der Waals surface area contributed by atoms with Crippen LogP contribution in [0.2, 0.25) is 0 Å². The van der Waals surface area contributed by atoms with Crippen LogP contribution in [-0.4, -0.2) is 11.7 Å². The van der Waals surface area contributed by atoms with Gasteiger partial charge in [-0.1, -0.05) is 33.8 Å². The van der Waals surface area contributed by atoms with Gasteiger partial charge >= 0.3 is 0 Å². The van der Waals surface area contributed by atoms with Crippen LogP contribution in [-0.2, 0) is 9.59 Å². The highest BCUT2D eigenvalue weighted by Gasteiger charge is 2.33. The van der Waals surface area contributed by atoms with Crippen LogP contribution in [0.25, 0.3) is 0 Å². The molecular formula is C14H23NO2. The Morgan fingerprint density at radius 2 is 2.12 bits per heavy atom. The van der Waals surface area contributed by atoms with E-state index in [1.54, 1.807) is 0 Å². The van der Waals surface area contributed by atoms with Crippen LogP contribution in [0.3, 0.4) is 0 Å². The average molecular weight is 237 g/mol. The van der Waals surface area contributed by atoms with Crippen LogP contribution >= 0.6 is 0 Å². The van der Waals surface area contributed by atoms with Gasteiger partial charge in [0, 0.05) is 12.3 Å². The number of carbonyl (C=O) groups excluding carboxylic acids is 2. The highest BCUT2D eigenvalue weighted by Crippen LogP contribution is 2.35. The molecule has 0 aliphatic heterocycles. The monoisotopic (exact) mass is 237 g/mol. The smallest absolute Gasteiger partial charge is 0.224 e. The van der Waals surface area contributed by atoms with E-state index < -0.39 is 0 Å². The summed E-state index contributed by atoms with van der Waals surface area (Å²) in [6.07, 6.45) is 4.89. The summed E-state index contributed by atoms with van der Waals surface area (Å²) in [5, 5.41) is 2.76. The Morgan fingerprint density at radius 1 is 1.47 bits per heavy atom. The van der Waals surface area contributed by atoms with Gasteiger partial charge in [0.05, 0.1) is 5.70 Å². The van der Waals surface area contributed by atoms with Crippen LogP contribution in [0.1, 0.15) is 53.4 Å². The molecule has 1 unspecified atom stereocenters. The lowest BCUT2D eigenvalue weighted by molar-refractivity contribution is -0.125. The van der Waals surface area contributed by atoms with Gasteiger partial charge in [0.25, 0.3) is 0 Å². The van der Waals surface area contributed by atoms with Gasteiger partial charge in [-0.05, 0) is 24.7 Å². The second-order valence-electron chi connectivity index (χ2n) is 5.52. The summed E-state index contributed by atoms with van der Waals surface area (Å²) in [7, 11) is 0. The van der Waals surface area contributed by atoms with Crippen LogP contribution < -0.4 is 5.32 Å². The minimum absolute atomic E-state index is 0.0105. The maximum absolute atomic E-state index is 12.1. The van der Waals surface area contributed by atoms with Crippen molar-refractivity contribution in [2.45, 2.75) is 53.4 Å². The van der Waals surface area contributed by atoms with Crippen molar-refractivity contribution in [2.75, 3.05) is 0 Å². The summed E-state index contributed by atoms with van der Waals surface area (Å²) in [5.74, 6) is 0.0860. The first kappa shape index (κ1) is 13.9. The Hall–Kier alpha value is -1.12. The molecule has 0 spiro atoms. The Labute approximate surface area is 104 Å². The Bertz CT molecular complexity index is 342. The van der Waals surface area contributed by atoms with E-state index in [4.69, 9.17) is 0 Å². The van der Waals surface area contributed by atoms with Gasteiger partial charge in [0.2, 0.25) is 5.91 Å². The van der Waals surface area contributed by atoms with Gasteiger partial charge in [-0.3, -0.25) is 9.59 Å². The lowest BCUT2D eigenvalue weighted by Gasteiger charge is -2.32. The summed E-state index contributed by atoms with van der Waals surface area (Å²) >= 11 is 0. The molecule has 96 valence electrons. The molecule has 3 nitrogen and oxygen atoms in total. The second kappa shape index (κ2) is 5.48. The molecule has 0 bridgehead atoms. The molecule has 1 N–H and O–H groups in total. The van der Waals surface area contributed by atoms with Crippen LogP contribution in [0.15, 0.2) is 11.8 Å². The van der Waals surface area contributed by atoms with Crippen molar-refractivity contribution >= 4 is 11.7 Å². The van der Waals surface area contributed by atoms with Crippen LogP contribution in [0.4, 0.5) is 0 Å². The normalized spacial score (nSPS) is 23.2. The molecule has 0 fully saturated rings. The molecule has 0 heterocycles. The molecule has 0 aromatic carbocycles. The fourth-order valence-electron chi connectivity index (χ4n) is 2.34. The molecule has 1 atom stereocenters. The lowest BCUT2D eigenvalue weighted by atomic mass is 9.74. The molecule has 0 aromatic rings. The van der Waals surface area contributed by atoms with Crippen molar-refractivity contribution in [3.05, 3.63) is 11.8 Å². The van der Waals surface area contributed by atoms with Gasteiger partial charge in [-0.2, -0.15) is 0 Å². The summed E-state index contributed by atoms with van der Waals surface area (Å²) in [6.45, 7) is 8.19. The zero-order valence-electron chi connectivity index (χ0n) is 11.3. The van der Waals surface area contributed by atoms with Gasteiger partial charge in [-0.15, -0.1) is 0 Å². The lowest BCUT2D eigenvalue weighted by Crippen LogP contribution is -2.37. The molecule has 0 saturated heterocycles. The SMILES string of the molecule is CCCC(=O)NC1=CC(C)(C)CC(CC)C1=O. The summed E-state index contributed by atoms with van der Waals surface area (Å²) < 4.78 is 0. The van der Waals surface area contributed by atoms with Crippen molar-refractivity contribution in [3.8, 4) is 0 Å². The number of amides is 1. The zero-order chi connectivity index (χ0) is 13.1. The fraction of sp³-hybridized carbons (Fsp3) is 0.714. The number of ketones is 1. The molecule has 0 saturated carbocycles. The van der Waals surface area contributed by atoms with E-state index in [1.807, 2.05) is 19.9 Å². The number of nitrogens with one attached hydrogen (secondary N) is 1. The minimum Gasteiger partial charge on any atom is -0.323 e. The minimum atomic E-state index is -0.0559. The van der Waals surface area contributed by atoms with Crippen molar-refractivity contribution in [1.82, 2.24) is 5.32 Å². The predicted octanol–water partition coefficient (Wildman–Crippen LogP) is 2.81. The molecule has 1 rings (SSSR count). The third-order valence-electron chi connectivity index (χ3n) is 3.19.